The Hall–Kier alpha value is -2.22. The molecule has 2 aromatic rings. The minimum atomic E-state index is 0.323. The number of hydrogen-bond donors (Lipinski definition) is 0. The summed E-state index contributed by atoms with van der Waals surface area (Å²) in [6.07, 6.45) is 5.56. The van der Waals surface area contributed by atoms with Crippen LogP contribution in [0.15, 0.2) is 42.5 Å². The predicted octanol–water partition coefficient (Wildman–Crippen LogP) is 5.07. The molecule has 2 heterocycles. The van der Waals surface area contributed by atoms with Crippen molar-refractivity contribution in [2.45, 2.75) is 32.1 Å². The van der Waals surface area contributed by atoms with Gasteiger partial charge in [0.05, 0.1) is 13.2 Å². The molecule has 0 saturated carbocycles. The van der Waals surface area contributed by atoms with E-state index in [0.717, 1.165) is 31.1 Å². The quantitative estimate of drug-likeness (QED) is 0.771. The molecule has 0 N–H and O–H groups in total. The largest absolute Gasteiger partial charge is 0.493 e. The highest BCUT2D eigenvalue weighted by Crippen LogP contribution is 2.39. The Bertz CT molecular complexity index is 760. The summed E-state index contributed by atoms with van der Waals surface area (Å²) in [5.74, 6) is 2.97. The molecule has 2 aliphatic heterocycles. The van der Waals surface area contributed by atoms with Crippen molar-refractivity contribution >= 4 is 6.08 Å². The van der Waals surface area contributed by atoms with E-state index in [9.17, 15) is 0 Å². The third-order valence-electron chi connectivity index (χ3n) is 4.86. The third-order valence-corrected chi connectivity index (χ3v) is 4.86. The maximum absolute atomic E-state index is 5.98. The van der Waals surface area contributed by atoms with Crippen molar-refractivity contribution < 1.29 is 9.47 Å². The van der Waals surface area contributed by atoms with Crippen LogP contribution < -0.4 is 9.47 Å². The number of aryl methyl sites for hydroxylation is 1. The molecule has 2 aromatic carbocycles. The maximum Gasteiger partial charge on any atom is 0.129 e. The number of rotatable bonds is 2. The molecule has 0 aliphatic carbocycles. The van der Waals surface area contributed by atoms with Gasteiger partial charge in [-0.1, -0.05) is 43.3 Å². The fraction of sp³-hybridized carbons (Fsp3) is 0.333. The van der Waals surface area contributed by atoms with Crippen molar-refractivity contribution in [1.82, 2.24) is 0 Å². The second-order valence-electron chi connectivity index (χ2n) is 6.63. The summed E-state index contributed by atoms with van der Waals surface area (Å²) in [7, 11) is 0. The average molecular weight is 306 g/mol. The Labute approximate surface area is 137 Å². The van der Waals surface area contributed by atoms with Crippen LogP contribution in [0.3, 0.4) is 0 Å². The summed E-state index contributed by atoms with van der Waals surface area (Å²) in [5, 5.41) is 0. The van der Waals surface area contributed by atoms with Gasteiger partial charge in [0.15, 0.2) is 0 Å². The topological polar surface area (TPSA) is 18.5 Å². The summed E-state index contributed by atoms with van der Waals surface area (Å²) < 4.78 is 11.8. The lowest BCUT2D eigenvalue weighted by Gasteiger charge is -2.25. The monoisotopic (exact) mass is 306 g/mol. The van der Waals surface area contributed by atoms with E-state index in [-0.39, 0.29) is 0 Å². The summed E-state index contributed by atoms with van der Waals surface area (Å²) in [4.78, 5) is 0. The van der Waals surface area contributed by atoms with Crippen LogP contribution in [-0.2, 0) is 0 Å². The molecule has 118 valence electrons. The Morgan fingerprint density at radius 3 is 2.87 bits per heavy atom. The van der Waals surface area contributed by atoms with Crippen LogP contribution in [-0.4, -0.2) is 13.2 Å². The first-order valence-corrected chi connectivity index (χ1v) is 8.39. The fourth-order valence-corrected chi connectivity index (χ4v) is 3.55. The Kier molecular flexibility index (Phi) is 3.60. The molecule has 2 atom stereocenters. The molecule has 0 amide bonds. The molecular formula is C21H22O2. The predicted molar refractivity (Wildman–Crippen MR) is 93.4 cm³/mol. The van der Waals surface area contributed by atoms with Gasteiger partial charge in [0.1, 0.15) is 11.5 Å². The van der Waals surface area contributed by atoms with E-state index in [1.165, 1.54) is 22.3 Å². The van der Waals surface area contributed by atoms with Crippen molar-refractivity contribution in [3.63, 3.8) is 0 Å². The van der Waals surface area contributed by atoms with Gasteiger partial charge in [-0.25, -0.2) is 0 Å². The van der Waals surface area contributed by atoms with Crippen molar-refractivity contribution in [3.05, 3.63) is 64.7 Å². The molecule has 2 heteroatoms. The molecular weight excluding hydrogens is 284 g/mol. The van der Waals surface area contributed by atoms with Crippen LogP contribution in [0.5, 0.6) is 11.5 Å². The second-order valence-corrected chi connectivity index (χ2v) is 6.63. The zero-order valence-electron chi connectivity index (χ0n) is 13.7. The molecule has 23 heavy (non-hydrogen) atoms. The lowest BCUT2D eigenvalue weighted by molar-refractivity contribution is 0.271. The smallest absolute Gasteiger partial charge is 0.129 e. The minimum Gasteiger partial charge on any atom is -0.493 e. The fourth-order valence-electron chi connectivity index (χ4n) is 3.55. The normalized spacial score (nSPS) is 22.3. The molecule has 2 unspecified atom stereocenters. The number of benzene rings is 2. The van der Waals surface area contributed by atoms with E-state index < -0.39 is 0 Å². The van der Waals surface area contributed by atoms with Crippen molar-refractivity contribution in [2.75, 3.05) is 13.2 Å². The highest BCUT2D eigenvalue weighted by molar-refractivity contribution is 5.63. The Morgan fingerprint density at radius 1 is 1.09 bits per heavy atom. The van der Waals surface area contributed by atoms with Crippen molar-refractivity contribution in [2.24, 2.45) is 0 Å². The number of fused-ring (bicyclic) bond motifs is 2. The SMILES string of the molecule is Cc1cc(/C=C/C2COc3ccccc32)c2c(c1)C(C)CCO2. The van der Waals surface area contributed by atoms with Crippen molar-refractivity contribution in [3.8, 4) is 11.5 Å². The Morgan fingerprint density at radius 2 is 1.96 bits per heavy atom. The highest BCUT2D eigenvalue weighted by Gasteiger charge is 2.23. The molecule has 0 radical (unpaired) electrons. The maximum atomic E-state index is 5.98. The molecule has 4 rings (SSSR count). The van der Waals surface area contributed by atoms with E-state index in [0.29, 0.717) is 11.8 Å². The molecule has 0 fully saturated rings. The van der Waals surface area contributed by atoms with Crippen LogP contribution in [0.2, 0.25) is 0 Å². The van der Waals surface area contributed by atoms with Crippen molar-refractivity contribution in [1.29, 1.82) is 0 Å². The van der Waals surface area contributed by atoms with Gasteiger partial charge in [0.2, 0.25) is 0 Å². The van der Waals surface area contributed by atoms with Gasteiger partial charge in [0.25, 0.3) is 0 Å². The second kappa shape index (κ2) is 5.77. The summed E-state index contributed by atoms with van der Waals surface area (Å²) >= 11 is 0. The van der Waals surface area contributed by atoms with Gasteiger partial charge < -0.3 is 9.47 Å². The van der Waals surface area contributed by atoms with Gasteiger partial charge in [-0.05, 0) is 42.5 Å². The van der Waals surface area contributed by atoms with E-state index in [2.05, 4.69) is 50.3 Å². The molecule has 2 aliphatic rings. The van der Waals surface area contributed by atoms with Crippen LogP contribution >= 0.6 is 0 Å². The molecule has 2 nitrogen and oxygen atoms in total. The van der Waals surface area contributed by atoms with E-state index in [1.54, 1.807) is 0 Å². The van der Waals surface area contributed by atoms with Gasteiger partial charge in [-0.15, -0.1) is 0 Å². The highest BCUT2D eigenvalue weighted by atomic mass is 16.5. The van der Waals surface area contributed by atoms with E-state index >= 15 is 0 Å². The lowest BCUT2D eigenvalue weighted by atomic mass is 9.90. The summed E-state index contributed by atoms with van der Waals surface area (Å²) in [6.45, 7) is 5.98. The van der Waals surface area contributed by atoms with Gasteiger partial charge in [0, 0.05) is 17.0 Å². The average Bonchev–Trinajstić information content (AvgIpc) is 2.97. The number of hydrogen-bond acceptors (Lipinski definition) is 2. The lowest BCUT2D eigenvalue weighted by Crippen LogP contribution is -2.13. The first-order chi connectivity index (χ1) is 11.2. The van der Waals surface area contributed by atoms with Crippen LogP contribution in [0.25, 0.3) is 6.08 Å². The first-order valence-electron chi connectivity index (χ1n) is 8.39. The van der Waals surface area contributed by atoms with Crippen LogP contribution in [0.1, 0.15) is 47.4 Å². The summed E-state index contributed by atoms with van der Waals surface area (Å²) in [6, 6.07) is 12.8. The number of ether oxygens (including phenoxy) is 2. The first kappa shape index (κ1) is 14.4. The minimum absolute atomic E-state index is 0.323. The van der Waals surface area contributed by atoms with E-state index in [4.69, 9.17) is 9.47 Å². The van der Waals surface area contributed by atoms with Crippen LogP contribution in [0, 0.1) is 6.92 Å². The molecule has 0 saturated heterocycles. The van der Waals surface area contributed by atoms with Gasteiger partial charge in [-0.3, -0.25) is 0 Å². The molecule has 0 spiro atoms. The third kappa shape index (κ3) is 2.63. The molecule has 0 aromatic heterocycles. The molecule has 0 bridgehead atoms. The zero-order chi connectivity index (χ0) is 15.8. The number of para-hydroxylation sites is 1. The van der Waals surface area contributed by atoms with Gasteiger partial charge in [-0.2, -0.15) is 0 Å². The van der Waals surface area contributed by atoms with Crippen LogP contribution in [0.4, 0.5) is 0 Å². The van der Waals surface area contributed by atoms with Gasteiger partial charge >= 0.3 is 0 Å². The zero-order valence-corrected chi connectivity index (χ0v) is 13.7. The Balaban J connectivity index is 1.67. The standard InChI is InChI=1S/C21H22O2/c1-14-11-16(21-19(12-14)15(2)9-10-22-21)7-8-17-13-23-20-6-4-3-5-18(17)20/h3-8,11-12,15,17H,9-10,13H2,1-2H3/b8-7+. The van der Waals surface area contributed by atoms with E-state index in [1.807, 2.05) is 12.1 Å². The summed E-state index contributed by atoms with van der Waals surface area (Å²) in [5.41, 5.74) is 5.11.